The van der Waals surface area contributed by atoms with Crippen LogP contribution in [0.5, 0.6) is 0 Å². The molecule has 0 heterocycles. The number of unbranched alkanes of at least 4 members (excludes halogenated alkanes) is 17. The molecule has 1 heteroatoms. The maximum absolute atomic E-state index is 2.55. The van der Waals surface area contributed by atoms with E-state index in [0.29, 0.717) is 0 Å². The Kier molecular flexibility index (Phi) is 28.9. The second-order valence-corrected chi connectivity index (χ2v) is 9.80. The van der Waals surface area contributed by atoms with E-state index in [9.17, 15) is 0 Å². The van der Waals surface area contributed by atoms with Crippen LogP contribution in [0.1, 0.15) is 163 Å². The van der Waals surface area contributed by atoms with Crippen LogP contribution in [-0.4, -0.2) is 31.2 Å². The van der Waals surface area contributed by atoms with Crippen molar-refractivity contribution in [2.75, 3.05) is 26.7 Å². The lowest BCUT2D eigenvalue weighted by Crippen LogP contribution is -2.46. The fraction of sp³-hybridized carbons (Fsp3) is 1.00. The Balaban J connectivity index is 0. The summed E-state index contributed by atoms with van der Waals surface area (Å²) in [7, 11) is 2.55. The highest BCUT2D eigenvalue weighted by Gasteiger charge is 2.19. The molecule has 0 atom stereocenters. The highest BCUT2D eigenvalue weighted by atomic mass is 15.3. The summed E-state index contributed by atoms with van der Waals surface area (Å²) < 4.78 is 1.35. The first kappa shape index (κ1) is 32.1. The topological polar surface area (TPSA) is 0 Å². The van der Waals surface area contributed by atoms with Crippen molar-refractivity contribution < 1.29 is 4.48 Å². The Morgan fingerprint density at radius 1 is 0.333 bits per heavy atom. The molecule has 184 valence electrons. The molecule has 30 heavy (non-hydrogen) atoms. The van der Waals surface area contributed by atoms with Crippen molar-refractivity contribution in [3.05, 3.63) is 0 Å². The third kappa shape index (κ3) is 24.2. The van der Waals surface area contributed by atoms with Crippen molar-refractivity contribution in [3.63, 3.8) is 0 Å². The van der Waals surface area contributed by atoms with Crippen LogP contribution in [0, 0.1) is 0 Å². The zero-order chi connectivity index (χ0) is 22.8. The summed E-state index contributed by atoms with van der Waals surface area (Å²) in [5, 5.41) is 0. The van der Waals surface area contributed by atoms with Gasteiger partial charge in [-0.25, -0.2) is 0 Å². The van der Waals surface area contributed by atoms with E-state index in [4.69, 9.17) is 0 Å². The summed E-state index contributed by atoms with van der Waals surface area (Å²) in [5.74, 6) is 0. The molecular formula is C29H64N+. The zero-order valence-electron chi connectivity index (χ0n) is 22.7. The molecule has 0 aromatic carbocycles. The van der Waals surface area contributed by atoms with Crippen molar-refractivity contribution in [1.82, 2.24) is 0 Å². The predicted octanol–water partition coefficient (Wildman–Crippen LogP) is 10.3. The summed E-state index contributed by atoms with van der Waals surface area (Å²) >= 11 is 0. The quantitative estimate of drug-likeness (QED) is 0.112. The molecule has 0 saturated heterocycles. The summed E-state index contributed by atoms with van der Waals surface area (Å²) in [6.07, 6.45) is 28.9. The van der Waals surface area contributed by atoms with Crippen molar-refractivity contribution in [2.45, 2.75) is 163 Å². The molecule has 0 spiro atoms. The molecule has 0 saturated carbocycles. The van der Waals surface area contributed by atoms with Crippen LogP contribution in [0.4, 0.5) is 0 Å². The standard InChI is InChI=1S/C27H58N.C2H6/c1-5-8-11-13-15-17-19-21-23-26-28(4,25-10-7-3)27-24-22-20-18-16-14-12-9-6-2;1-2/h5-27H2,1-4H3;1-2H3/q+1;. The van der Waals surface area contributed by atoms with Gasteiger partial charge in [0.05, 0.1) is 26.7 Å². The van der Waals surface area contributed by atoms with Crippen molar-refractivity contribution in [2.24, 2.45) is 0 Å². The van der Waals surface area contributed by atoms with Crippen LogP contribution < -0.4 is 0 Å². The molecular weight excluding hydrogens is 362 g/mol. The molecule has 0 aromatic heterocycles. The molecule has 0 radical (unpaired) electrons. The highest BCUT2D eigenvalue weighted by molar-refractivity contribution is 4.51. The van der Waals surface area contributed by atoms with Gasteiger partial charge in [0.1, 0.15) is 0 Å². The summed E-state index contributed by atoms with van der Waals surface area (Å²) in [6, 6.07) is 0. The maximum Gasteiger partial charge on any atom is 0.0784 e. The normalized spacial score (nSPS) is 11.4. The van der Waals surface area contributed by atoms with E-state index >= 15 is 0 Å². The van der Waals surface area contributed by atoms with Gasteiger partial charge in [-0.3, -0.25) is 0 Å². The Bertz CT molecular complexity index is 264. The van der Waals surface area contributed by atoms with Crippen LogP contribution in [0.15, 0.2) is 0 Å². The maximum atomic E-state index is 2.55. The number of quaternary nitrogens is 1. The zero-order valence-corrected chi connectivity index (χ0v) is 22.7. The van der Waals surface area contributed by atoms with E-state index < -0.39 is 0 Å². The van der Waals surface area contributed by atoms with E-state index in [1.165, 1.54) is 153 Å². The Morgan fingerprint density at radius 2 is 0.567 bits per heavy atom. The van der Waals surface area contributed by atoms with Gasteiger partial charge in [-0.2, -0.15) is 0 Å². The average molecular weight is 427 g/mol. The monoisotopic (exact) mass is 427 g/mol. The Morgan fingerprint density at radius 3 is 0.867 bits per heavy atom. The molecule has 0 aliphatic heterocycles. The van der Waals surface area contributed by atoms with Crippen LogP contribution in [-0.2, 0) is 0 Å². The van der Waals surface area contributed by atoms with Gasteiger partial charge in [0, 0.05) is 0 Å². The molecule has 0 fully saturated rings. The van der Waals surface area contributed by atoms with Gasteiger partial charge >= 0.3 is 0 Å². The highest BCUT2D eigenvalue weighted by Crippen LogP contribution is 2.16. The third-order valence-corrected chi connectivity index (χ3v) is 6.65. The lowest BCUT2D eigenvalue weighted by atomic mass is 10.1. The summed E-state index contributed by atoms with van der Waals surface area (Å²) in [4.78, 5) is 0. The van der Waals surface area contributed by atoms with Crippen molar-refractivity contribution in [1.29, 1.82) is 0 Å². The first-order valence-electron chi connectivity index (χ1n) is 14.5. The van der Waals surface area contributed by atoms with Gasteiger partial charge in [0.15, 0.2) is 0 Å². The van der Waals surface area contributed by atoms with Crippen molar-refractivity contribution >= 4 is 0 Å². The van der Waals surface area contributed by atoms with Gasteiger partial charge in [-0.05, 0) is 32.1 Å². The van der Waals surface area contributed by atoms with E-state index in [-0.39, 0.29) is 0 Å². The first-order chi connectivity index (χ1) is 14.7. The van der Waals surface area contributed by atoms with Gasteiger partial charge in [-0.15, -0.1) is 0 Å². The molecule has 0 rings (SSSR count). The minimum Gasteiger partial charge on any atom is -0.326 e. The molecule has 0 aliphatic rings. The fourth-order valence-electron chi connectivity index (χ4n) is 4.48. The first-order valence-corrected chi connectivity index (χ1v) is 14.5. The Labute approximate surface area is 194 Å². The predicted molar refractivity (Wildman–Crippen MR) is 141 cm³/mol. The van der Waals surface area contributed by atoms with Gasteiger partial charge in [-0.1, -0.05) is 131 Å². The number of hydrogen-bond donors (Lipinski definition) is 0. The second kappa shape index (κ2) is 27.0. The summed E-state index contributed by atoms with van der Waals surface area (Å²) in [5.41, 5.74) is 0. The van der Waals surface area contributed by atoms with Crippen LogP contribution >= 0.6 is 0 Å². The molecule has 0 N–H and O–H groups in total. The molecule has 0 aliphatic carbocycles. The smallest absolute Gasteiger partial charge is 0.0784 e. The minimum absolute atomic E-state index is 1.35. The minimum atomic E-state index is 1.35. The van der Waals surface area contributed by atoms with E-state index in [1.54, 1.807) is 0 Å². The van der Waals surface area contributed by atoms with Crippen molar-refractivity contribution in [3.8, 4) is 0 Å². The van der Waals surface area contributed by atoms with Crippen LogP contribution in [0.2, 0.25) is 0 Å². The summed E-state index contributed by atoms with van der Waals surface area (Å²) in [6.45, 7) is 15.2. The van der Waals surface area contributed by atoms with E-state index in [1.807, 2.05) is 13.8 Å². The lowest BCUT2D eigenvalue weighted by Gasteiger charge is -2.35. The average Bonchev–Trinajstić information content (AvgIpc) is 2.77. The molecule has 1 nitrogen and oxygen atoms in total. The number of hydrogen-bond acceptors (Lipinski definition) is 0. The molecule has 0 unspecified atom stereocenters. The SMILES string of the molecule is CC.CCCCCCCCCCC[N+](C)(CCCC)CCCCCCCCCCC. The molecule has 0 amide bonds. The van der Waals surface area contributed by atoms with Gasteiger partial charge < -0.3 is 4.48 Å². The lowest BCUT2D eigenvalue weighted by molar-refractivity contribution is -0.910. The molecule has 0 bridgehead atoms. The molecule has 0 aromatic rings. The van der Waals surface area contributed by atoms with E-state index in [0.717, 1.165) is 0 Å². The Hall–Kier alpha value is -0.0400. The van der Waals surface area contributed by atoms with Gasteiger partial charge in [0.2, 0.25) is 0 Å². The van der Waals surface area contributed by atoms with Gasteiger partial charge in [0.25, 0.3) is 0 Å². The third-order valence-electron chi connectivity index (χ3n) is 6.65. The van der Waals surface area contributed by atoms with Crippen LogP contribution in [0.25, 0.3) is 0 Å². The number of rotatable bonds is 23. The van der Waals surface area contributed by atoms with Crippen LogP contribution in [0.3, 0.4) is 0 Å². The van der Waals surface area contributed by atoms with E-state index in [2.05, 4.69) is 27.8 Å². The second-order valence-electron chi connectivity index (χ2n) is 9.80. The number of nitrogens with zero attached hydrogens (tertiary/aromatic N) is 1. The fourth-order valence-corrected chi connectivity index (χ4v) is 4.48. The largest absolute Gasteiger partial charge is 0.326 e.